The first-order chi connectivity index (χ1) is 13.6. The van der Waals surface area contributed by atoms with E-state index in [-0.39, 0.29) is 23.3 Å². The smallest absolute Gasteiger partial charge is 0.410 e. The van der Waals surface area contributed by atoms with Gasteiger partial charge in [-0.2, -0.15) is 0 Å². The summed E-state index contributed by atoms with van der Waals surface area (Å²) in [5, 5.41) is 0.0719. The fraction of sp³-hybridized carbons (Fsp3) is 0.652. The van der Waals surface area contributed by atoms with Crippen molar-refractivity contribution in [2.24, 2.45) is 0 Å². The zero-order chi connectivity index (χ0) is 22.5. The molecule has 166 valence electrons. The normalized spacial score (nSPS) is 22.0. The SMILES string of the molecule is CC(C)(C)OC(=O)N1CCC2(CC(=O)c3cc(O[Si](C)(C)C(C)(C)C)ccc3O2)C1. The number of Topliss-reactive ketones (excluding diaryl/α,β-unsaturated/α-hetero) is 1. The van der Waals surface area contributed by atoms with Crippen LogP contribution < -0.4 is 9.16 Å². The van der Waals surface area contributed by atoms with Crippen molar-refractivity contribution in [3.05, 3.63) is 23.8 Å². The van der Waals surface area contributed by atoms with Crippen molar-refractivity contribution >= 4 is 20.2 Å². The van der Waals surface area contributed by atoms with Crippen molar-refractivity contribution in [3.8, 4) is 11.5 Å². The van der Waals surface area contributed by atoms with Gasteiger partial charge in [-0.25, -0.2) is 4.79 Å². The minimum Gasteiger partial charge on any atom is -0.543 e. The average molecular weight is 434 g/mol. The first-order valence-electron chi connectivity index (χ1n) is 10.6. The van der Waals surface area contributed by atoms with Crippen molar-refractivity contribution in [1.29, 1.82) is 0 Å². The lowest BCUT2D eigenvalue weighted by molar-refractivity contribution is 0.0171. The van der Waals surface area contributed by atoms with Gasteiger partial charge in [-0.15, -0.1) is 0 Å². The first-order valence-corrected chi connectivity index (χ1v) is 13.5. The van der Waals surface area contributed by atoms with Crippen molar-refractivity contribution in [3.63, 3.8) is 0 Å². The Bertz CT molecular complexity index is 852. The highest BCUT2D eigenvalue weighted by atomic mass is 28.4. The molecular formula is C23H35NO5Si. The van der Waals surface area contributed by atoms with Crippen molar-refractivity contribution < 1.29 is 23.5 Å². The lowest BCUT2D eigenvalue weighted by Gasteiger charge is -2.37. The molecule has 1 atom stereocenters. The average Bonchev–Trinajstić information content (AvgIpc) is 2.96. The van der Waals surface area contributed by atoms with Crippen LogP contribution >= 0.6 is 0 Å². The summed E-state index contributed by atoms with van der Waals surface area (Å²) < 4.78 is 18.1. The summed E-state index contributed by atoms with van der Waals surface area (Å²) in [5.41, 5.74) is -0.668. The van der Waals surface area contributed by atoms with Gasteiger partial charge in [0.1, 0.15) is 22.7 Å². The van der Waals surface area contributed by atoms with Gasteiger partial charge < -0.3 is 18.8 Å². The van der Waals surface area contributed by atoms with E-state index in [1.807, 2.05) is 39.0 Å². The molecule has 1 unspecified atom stereocenters. The van der Waals surface area contributed by atoms with Gasteiger partial charge in [-0.3, -0.25) is 4.79 Å². The van der Waals surface area contributed by atoms with Crippen molar-refractivity contribution in [2.45, 2.75) is 83.7 Å². The fourth-order valence-electron chi connectivity index (χ4n) is 3.54. The van der Waals surface area contributed by atoms with Gasteiger partial charge in [0.15, 0.2) is 5.78 Å². The number of benzene rings is 1. The van der Waals surface area contributed by atoms with Crippen LogP contribution in [-0.4, -0.2) is 49.4 Å². The Morgan fingerprint density at radius 2 is 1.83 bits per heavy atom. The third-order valence-electron chi connectivity index (χ3n) is 6.21. The molecule has 1 amide bonds. The summed E-state index contributed by atoms with van der Waals surface area (Å²) in [7, 11) is -2.00. The zero-order valence-corrected chi connectivity index (χ0v) is 20.5. The molecule has 0 bridgehead atoms. The van der Waals surface area contributed by atoms with Crippen LogP contribution in [0.1, 0.15) is 64.7 Å². The van der Waals surface area contributed by atoms with E-state index in [4.69, 9.17) is 13.9 Å². The standard InChI is InChI=1S/C23H35NO5Si/c1-21(2,3)28-20(26)24-12-11-23(15-24)14-18(25)17-13-16(9-10-19(17)27-23)29-30(7,8)22(4,5)6/h9-10,13H,11-12,14-15H2,1-8H3. The van der Waals surface area contributed by atoms with Crippen LogP contribution in [0.3, 0.4) is 0 Å². The maximum absolute atomic E-state index is 13.0. The molecule has 7 heteroatoms. The summed E-state index contributed by atoms with van der Waals surface area (Å²) in [6.45, 7) is 17.3. The molecule has 0 radical (unpaired) electrons. The summed E-state index contributed by atoms with van der Waals surface area (Å²) >= 11 is 0. The van der Waals surface area contributed by atoms with Gasteiger partial charge in [0, 0.05) is 13.0 Å². The van der Waals surface area contributed by atoms with E-state index in [9.17, 15) is 9.59 Å². The molecule has 1 fully saturated rings. The van der Waals surface area contributed by atoms with Gasteiger partial charge in [0.05, 0.1) is 18.5 Å². The number of nitrogens with zero attached hydrogens (tertiary/aromatic N) is 1. The van der Waals surface area contributed by atoms with Gasteiger partial charge in [0.25, 0.3) is 0 Å². The number of carbonyl (C=O) groups is 2. The second-order valence-corrected chi connectivity index (χ2v) is 15.8. The minimum atomic E-state index is -2.00. The summed E-state index contributed by atoms with van der Waals surface area (Å²) in [6, 6.07) is 5.52. The Hall–Kier alpha value is -2.02. The Balaban J connectivity index is 1.76. The van der Waals surface area contributed by atoms with Gasteiger partial charge in [0.2, 0.25) is 8.32 Å². The van der Waals surface area contributed by atoms with E-state index in [1.54, 1.807) is 4.90 Å². The van der Waals surface area contributed by atoms with Crippen LogP contribution in [0.4, 0.5) is 4.79 Å². The molecule has 3 rings (SSSR count). The van der Waals surface area contributed by atoms with Gasteiger partial charge >= 0.3 is 6.09 Å². The van der Waals surface area contributed by atoms with E-state index in [0.29, 0.717) is 30.8 Å². The van der Waals surface area contributed by atoms with Crippen LogP contribution in [0.15, 0.2) is 18.2 Å². The monoisotopic (exact) mass is 433 g/mol. The van der Waals surface area contributed by atoms with E-state index >= 15 is 0 Å². The summed E-state index contributed by atoms with van der Waals surface area (Å²) in [6.07, 6.45) is 0.502. The number of amides is 1. The molecule has 2 aliphatic rings. The topological polar surface area (TPSA) is 65.1 Å². The number of fused-ring (bicyclic) bond motifs is 1. The minimum absolute atomic E-state index is 0.0305. The Kier molecular flexibility index (Phi) is 5.50. The molecule has 1 spiro atoms. The molecular weight excluding hydrogens is 398 g/mol. The molecule has 6 nitrogen and oxygen atoms in total. The predicted molar refractivity (Wildman–Crippen MR) is 119 cm³/mol. The van der Waals surface area contributed by atoms with Crippen LogP contribution in [0.5, 0.6) is 11.5 Å². The van der Waals surface area contributed by atoms with E-state index in [1.165, 1.54) is 0 Å². The number of likely N-dealkylation sites (tertiary alicyclic amines) is 1. The maximum atomic E-state index is 13.0. The van der Waals surface area contributed by atoms with Crippen molar-refractivity contribution in [1.82, 2.24) is 4.90 Å². The van der Waals surface area contributed by atoms with E-state index in [2.05, 4.69) is 33.9 Å². The molecule has 1 saturated heterocycles. The van der Waals surface area contributed by atoms with Crippen LogP contribution in [0.25, 0.3) is 0 Å². The summed E-state index contributed by atoms with van der Waals surface area (Å²) in [5.74, 6) is 1.32. The number of ketones is 1. The highest BCUT2D eigenvalue weighted by Gasteiger charge is 2.48. The third kappa shape index (κ3) is 4.66. The number of carbonyl (C=O) groups excluding carboxylic acids is 2. The lowest BCUT2D eigenvalue weighted by atomic mass is 9.89. The first kappa shape index (κ1) is 22.7. The molecule has 1 aromatic rings. The zero-order valence-electron chi connectivity index (χ0n) is 19.5. The Labute approximate surface area is 181 Å². The fourth-order valence-corrected chi connectivity index (χ4v) is 4.56. The number of hydrogen-bond donors (Lipinski definition) is 0. The van der Waals surface area contributed by atoms with Gasteiger partial charge in [-0.05, 0) is 57.1 Å². The lowest BCUT2D eigenvalue weighted by Crippen LogP contribution is -2.46. The van der Waals surface area contributed by atoms with Crippen molar-refractivity contribution in [2.75, 3.05) is 13.1 Å². The molecule has 30 heavy (non-hydrogen) atoms. The Morgan fingerprint density at radius 1 is 1.17 bits per heavy atom. The molecule has 0 aliphatic carbocycles. The maximum Gasteiger partial charge on any atom is 0.410 e. The van der Waals surface area contributed by atoms with Gasteiger partial charge in [-0.1, -0.05) is 20.8 Å². The Morgan fingerprint density at radius 3 is 2.43 bits per heavy atom. The second kappa shape index (κ2) is 7.29. The molecule has 1 aromatic carbocycles. The quantitative estimate of drug-likeness (QED) is 0.583. The predicted octanol–water partition coefficient (Wildman–Crippen LogP) is 5.42. The van der Waals surface area contributed by atoms with Crippen LogP contribution in [0.2, 0.25) is 18.1 Å². The molecule has 0 aromatic heterocycles. The highest BCUT2D eigenvalue weighted by molar-refractivity contribution is 6.74. The third-order valence-corrected chi connectivity index (χ3v) is 10.6. The highest BCUT2D eigenvalue weighted by Crippen LogP contribution is 2.42. The number of ether oxygens (including phenoxy) is 2. The van der Waals surface area contributed by atoms with Crippen LogP contribution in [0, 0.1) is 0 Å². The summed E-state index contributed by atoms with van der Waals surface area (Å²) in [4.78, 5) is 27.1. The molecule has 0 N–H and O–H groups in total. The molecule has 2 heterocycles. The number of rotatable bonds is 2. The van der Waals surface area contributed by atoms with E-state index in [0.717, 1.165) is 5.75 Å². The van der Waals surface area contributed by atoms with Crippen LogP contribution in [-0.2, 0) is 4.74 Å². The number of hydrogen-bond acceptors (Lipinski definition) is 5. The second-order valence-electron chi connectivity index (χ2n) is 11.1. The van der Waals surface area contributed by atoms with E-state index < -0.39 is 19.5 Å². The molecule has 2 aliphatic heterocycles. The largest absolute Gasteiger partial charge is 0.543 e. The molecule has 0 saturated carbocycles.